The maximum atomic E-state index is 13.9. The lowest BCUT2D eigenvalue weighted by Gasteiger charge is -2.35. The molecule has 3 amide bonds. The summed E-state index contributed by atoms with van der Waals surface area (Å²) in [5.74, 6) is 2.81. The van der Waals surface area contributed by atoms with Crippen molar-refractivity contribution >= 4 is 11.9 Å². The van der Waals surface area contributed by atoms with E-state index in [4.69, 9.17) is 14.2 Å². The van der Waals surface area contributed by atoms with Gasteiger partial charge in [-0.25, -0.2) is 4.79 Å². The van der Waals surface area contributed by atoms with Crippen molar-refractivity contribution in [2.45, 2.75) is 58.0 Å². The zero-order chi connectivity index (χ0) is 31.1. The largest absolute Gasteiger partial charge is 0.493 e. The lowest BCUT2D eigenvalue weighted by molar-refractivity contribution is 0.0650. The fraction of sp³-hybridized carbons (Fsp3) is 0.657. The van der Waals surface area contributed by atoms with E-state index in [9.17, 15) is 9.59 Å². The van der Waals surface area contributed by atoms with Gasteiger partial charge < -0.3 is 34.2 Å². The van der Waals surface area contributed by atoms with Crippen LogP contribution in [-0.2, 0) is 4.74 Å². The summed E-state index contributed by atoms with van der Waals surface area (Å²) in [6.45, 7) is 10.0. The third kappa shape index (κ3) is 7.96. The maximum absolute atomic E-state index is 13.9. The van der Waals surface area contributed by atoms with Crippen LogP contribution >= 0.6 is 0 Å². The van der Waals surface area contributed by atoms with Crippen LogP contribution < -0.4 is 14.8 Å². The number of nitrogens with one attached hydrogen (secondary N) is 1. The fourth-order valence-corrected chi connectivity index (χ4v) is 6.93. The van der Waals surface area contributed by atoms with Gasteiger partial charge in [-0.05, 0) is 81.4 Å². The van der Waals surface area contributed by atoms with Crippen molar-refractivity contribution in [3.8, 4) is 11.5 Å². The summed E-state index contributed by atoms with van der Waals surface area (Å²) in [7, 11) is 3.28. The molecule has 0 radical (unpaired) electrons. The number of benzene rings is 1. The van der Waals surface area contributed by atoms with E-state index in [1.54, 1.807) is 26.4 Å². The number of amides is 3. The van der Waals surface area contributed by atoms with Gasteiger partial charge >= 0.3 is 6.03 Å². The van der Waals surface area contributed by atoms with Gasteiger partial charge in [-0.3, -0.25) is 4.79 Å². The Kier molecular flexibility index (Phi) is 11.3. The van der Waals surface area contributed by atoms with E-state index in [-0.39, 0.29) is 23.9 Å². The number of urea groups is 1. The van der Waals surface area contributed by atoms with E-state index in [1.807, 2.05) is 11.0 Å². The van der Waals surface area contributed by atoms with Crippen molar-refractivity contribution in [2.24, 2.45) is 23.7 Å². The first kappa shape index (κ1) is 32.4. The van der Waals surface area contributed by atoms with Crippen LogP contribution in [0.1, 0.15) is 56.3 Å². The highest BCUT2D eigenvalue weighted by atomic mass is 16.5. The molecule has 0 bridgehead atoms. The number of carbonyl (C=O) groups excluding carboxylic acids is 2. The maximum Gasteiger partial charge on any atom is 0.320 e. The zero-order valence-corrected chi connectivity index (χ0v) is 27.1. The number of methoxy groups -OCH3 is 2. The molecule has 5 rings (SSSR count). The molecule has 1 aromatic carbocycles. The first-order valence-electron chi connectivity index (χ1n) is 16.6. The van der Waals surface area contributed by atoms with Crippen LogP contribution in [0, 0.1) is 23.7 Å². The number of likely N-dealkylation sites (tertiary alicyclic amines) is 1. The first-order chi connectivity index (χ1) is 21.4. The van der Waals surface area contributed by atoms with Crippen molar-refractivity contribution in [1.82, 2.24) is 20.0 Å². The molecule has 3 fully saturated rings. The highest BCUT2D eigenvalue weighted by molar-refractivity contribution is 5.95. The highest BCUT2D eigenvalue weighted by Crippen LogP contribution is 2.35. The molecule has 1 aromatic rings. The number of allylic oxidation sites excluding steroid dienone is 4. The lowest BCUT2D eigenvalue weighted by atomic mass is 9.86. The Bertz CT molecular complexity index is 1180. The van der Waals surface area contributed by atoms with Crippen molar-refractivity contribution in [2.75, 3.05) is 66.7 Å². The molecule has 1 N–H and O–H groups in total. The summed E-state index contributed by atoms with van der Waals surface area (Å²) in [5.41, 5.74) is 0.588. The number of rotatable bonds is 14. The Morgan fingerprint density at radius 1 is 1.02 bits per heavy atom. The van der Waals surface area contributed by atoms with Crippen LogP contribution in [-0.4, -0.2) is 105 Å². The van der Waals surface area contributed by atoms with Gasteiger partial charge in [-0.2, -0.15) is 0 Å². The molecule has 44 heavy (non-hydrogen) atoms. The van der Waals surface area contributed by atoms with Gasteiger partial charge in [0.2, 0.25) is 0 Å². The minimum absolute atomic E-state index is 0.0140. The summed E-state index contributed by atoms with van der Waals surface area (Å²) in [5, 5.41) is 3.58. The second-order valence-electron chi connectivity index (χ2n) is 13.2. The molecule has 2 heterocycles. The molecule has 9 heteroatoms. The SMILES string of the molecule is COCCCOc1cc(C(=O)N(C[C@@H]2CNC[C@H]2CN(C(=O)N2CC[C@H](C3C=CC=CC3)C2)C2CC2)C(C)C)ccc1OC. The number of carbonyl (C=O) groups is 2. The molecule has 9 nitrogen and oxygen atoms in total. The first-order valence-corrected chi connectivity index (χ1v) is 16.6. The topological polar surface area (TPSA) is 83.6 Å². The molecule has 0 spiro atoms. The molecule has 1 unspecified atom stereocenters. The molecule has 1 saturated carbocycles. The molecule has 2 aliphatic heterocycles. The second-order valence-corrected chi connectivity index (χ2v) is 13.2. The van der Waals surface area contributed by atoms with E-state index in [1.165, 1.54) is 0 Å². The van der Waals surface area contributed by atoms with Crippen LogP contribution in [0.4, 0.5) is 4.79 Å². The number of hydrogen-bond donors (Lipinski definition) is 1. The molecular weight excluding hydrogens is 556 g/mol. The molecule has 242 valence electrons. The standard InChI is InChI=1S/C35H52N4O5/c1-25(2)38(34(40)27-11-14-32(43-4)33(19-27)44-18-8-17-42-3)23-29-20-36-21-30(29)24-39(31-12-13-31)35(41)37-16-15-28(22-37)26-9-6-5-7-10-26/h5-7,9,11,14,19,25-26,28-31,36H,8,10,12-13,15-18,20-24H2,1-4H3/t26?,28-,29-,30-/m0/s1. The predicted molar refractivity (Wildman–Crippen MR) is 172 cm³/mol. The Balaban J connectivity index is 1.22. The molecule has 4 aliphatic rings. The fourth-order valence-electron chi connectivity index (χ4n) is 6.93. The third-order valence-electron chi connectivity index (χ3n) is 9.74. The molecule has 4 atom stereocenters. The van der Waals surface area contributed by atoms with Crippen LogP contribution in [0.5, 0.6) is 11.5 Å². The summed E-state index contributed by atoms with van der Waals surface area (Å²) < 4.78 is 16.6. The number of hydrogen-bond acceptors (Lipinski definition) is 6. The van der Waals surface area contributed by atoms with Crippen LogP contribution in [0.2, 0.25) is 0 Å². The van der Waals surface area contributed by atoms with E-state index in [2.05, 4.69) is 53.3 Å². The monoisotopic (exact) mass is 608 g/mol. The summed E-state index contributed by atoms with van der Waals surface area (Å²) in [6.07, 6.45) is 13.9. The Labute approximate surface area is 263 Å². The van der Waals surface area contributed by atoms with E-state index in [0.29, 0.717) is 60.6 Å². The third-order valence-corrected chi connectivity index (χ3v) is 9.74. The Morgan fingerprint density at radius 3 is 2.50 bits per heavy atom. The van der Waals surface area contributed by atoms with E-state index in [0.717, 1.165) is 64.8 Å². The Morgan fingerprint density at radius 2 is 1.82 bits per heavy atom. The molecule has 2 saturated heterocycles. The lowest BCUT2D eigenvalue weighted by Crippen LogP contribution is -2.48. The van der Waals surface area contributed by atoms with Gasteiger partial charge in [0.25, 0.3) is 5.91 Å². The summed E-state index contributed by atoms with van der Waals surface area (Å²) >= 11 is 0. The normalized spacial score (nSPS) is 24.6. The second kappa shape index (κ2) is 15.3. The summed E-state index contributed by atoms with van der Waals surface area (Å²) in [4.78, 5) is 34.0. The zero-order valence-electron chi connectivity index (χ0n) is 27.1. The minimum atomic E-state index is -0.0140. The van der Waals surface area contributed by atoms with Crippen molar-refractivity contribution in [3.63, 3.8) is 0 Å². The minimum Gasteiger partial charge on any atom is -0.493 e. The quantitative estimate of drug-likeness (QED) is 0.305. The van der Waals surface area contributed by atoms with Gasteiger partial charge in [0.1, 0.15) is 0 Å². The van der Waals surface area contributed by atoms with Gasteiger partial charge in [0.05, 0.1) is 13.7 Å². The van der Waals surface area contributed by atoms with E-state index >= 15 is 0 Å². The number of ether oxygens (including phenoxy) is 3. The van der Waals surface area contributed by atoms with Crippen molar-refractivity contribution in [1.29, 1.82) is 0 Å². The number of nitrogens with zero attached hydrogens (tertiary/aromatic N) is 3. The van der Waals surface area contributed by atoms with Crippen LogP contribution in [0.15, 0.2) is 42.5 Å². The van der Waals surface area contributed by atoms with Gasteiger partial charge in [0, 0.05) is 77.1 Å². The average molecular weight is 609 g/mol. The summed E-state index contributed by atoms with van der Waals surface area (Å²) in [6, 6.07) is 6.01. The average Bonchev–Trinajstić information content (AvgIpc) is 3.58. The predicted octanol–water partition coefficient (Wildman–Crippen LogP) is 4.84. The van der Waals surface area contributed by atoms with Crippen molar-refractivity contribution in [3.05, 3.63) is 48.1 Å². The Hall–Kier alpha value is -3.04. The highest BCUT2D eigenvalue weighted by Gasteiger charge is 2.41. The molecular formula is C35H52N4O5. The smallest absolute Gasteiger partial charge is 0.320 e. The van der Waals surface area contributed by atoms with E-state index < -0.39 is 0 Å². The van der Waals surface area contributed by atoms with Gasteiger partial charge in [-0.15, -0.1) is 0 Å². The van der Waals surface area contributed by atoms with Gasteiger partial charge in [0.15, 0.2) is 11.5 Å². The van der Waals surface area contributed by atoms with Crippen LogP contribution in [0.25, 0.3) is 0 Å². The van der Waals surface area contributed by atoms with Crippen LogP contribution in [0.3, 0.4) is 0 Å². The molecule has 0 aromatic heterocycles. The van der Waals surface area contributed by atoms with Gasteiger partial charge in [-0.1, -0.05) is 24.3 Å². The molecule has 2 aliphatic carbocycles. The van der Waals surface area contributed by atoms with Crippen molar-refractivity contribution < 1.29 is 23.8 Å².